The first-order valence-corrected chi connectivity index (χ1v) is 27.0. The zero-order chi connectivity index (χ0) is 59.4. The Morgan fingerprint density at radius 2 is 1.12 bits per heavy atom. The highest BCUT2D eigenvalue weighted by Crippen LogP contribution is 2.41. The minimum atomic E-state index is -4.91. The smallest absolute Gasteiger partial charge is 0.421 e. The lowest BCUT2D eigenvalue weighted by atomic mass is 10.0. The van der Waals surface area contributed by atoms with Crippen molar-refractivity contribution in [2.24, 2.45) is 0 Å². The summed E-state index contributed by atoms with van der Waals surface area (Å²) in [4.78, 5) is 65.6. The van der Waals surface area contributed by atoms with Crippen molar-refractivity contribution in [2.75, 3.05) is 80.1 Å². The lowest BCUT2D eigenvalue weighted by molar-refractivity contribution is -0.141. The Morgan fingerprint density at radius 1 is 0.639 bits per heavy atom. The Hall–Kier alpha value is -7.72. The lowest BCUT2D eigenvalue weighted by Crippen LogP contribution is -2.57. The number of fused-ring (bicyclic) bond motifs is 2. The summed E-state index contributed by atoms with van der Waals surface area (Å²) in [5.41, 5.74) is 1.82. The van der Waals surface area contributed by atoms with Crippen molar-refractivity contribution < 1.29 is 54.2 Å². The van der Waals surface area contributed by atoms with Gasteiger partial charge in [0.05, 0.1) is 46.7 Å². The minimum Gasteiger partial charge on any atom is -0.445 e. The molecule has 0 bridgehead atoms. The molecule has 2 saturated heterocycles. The van der Waals surface area contributed by atoms with Crippen LogP contribution in [0.1, 0.15) is 44.8 Å². The van der Waals surface area contributed by atoms with Gasteiger partial charge in [-0.1, -0.05) is 60.7 Å². The first-order valence-electron chi connectivity index (χ1n) is 25.5. The summed E-state index contributed by atoms with van der Waals surface area (Å²) in [6.07, 6.45) is -6.47. The van der Waals surface area contributed by atoms with Crippen LogP contribution in [0.2, 0.25) is 10.6 Å². The molecule has 0 unspecified atom stereocenters. The Kier molecular flexibility index (Phi) is 20.4. The van der Waals surface area contributed by atoms with E-state index in [1.54, 1.807) is 4.90 Å². The highest BCUT2D eigenvalue weighted by molar-refractivity contribution is 9.10. The zero-order valence-electron chi connectivity index (χ0n) is 43.7. The molecule has 0 saturated carbocycles. The number of amides is 2. The van der Waals surface area contributed by atoms with Crippen LogP contribution in [0.3, 0.4) is 0 Å². The first-order chi connectivity index (χ1) is 39.7. The van der Waals surface area contributed by atoms with Gasteiger partial charge in [0.1, 0.15) is 48.1 Å². The van der Waals surface area contributed by atoms with E-state index >= 15 is 0 Å². The van der Waals surface area contributed by atoms with Crippen molar-refractivity contribution >= 4 is 68.6 Å². The number of nitrogens with one attached hydrogen (secondary N) is 1. The van der Waals surface area contributed by atoms with E-state index in [1.807, 2.05) is 65.6 Å². The van der Waals surface area contributed by atoms with E-state index in [9.17, 15) is 44.7 Å². The van der Waals surface area contributed by atoms with Gasteiger partial charge in [0.2, 0.25) is 23.7 Å². The number of piperazine rings is 2. The molecule has 10 rings (SSSR count). The molecular formula is C54H49BrCl2F8N14O4. The van der Waals surface area contributed by atoms with Crippen molar-refractivity contribution in [1.82, 2.24) is 45.0 Å². The number of benzene rings is 2. The molecule has 1 N–H and O–H groups in total. The number of carbonyl (C=O) groups is 2. The highest BCUT2D eigenvalue weighted by atomic mass is 79.9. The average molecular weight is 1260 g/mol. The number of alkyl halides is 6. The van der Waals surface area contributed by atoms with Crippen molar-refractivity contribution in [1.29, 1.82) is 0 Å². The molecule has 0 radical (unpaired) electrons. The molecule has 8 heterocycles. The van der Waals surface area contributed by atoms with Gasteiger partial charge in [-0.05, 0) is 69.6 Å². The quantitative estimate of drug-likeness (QED) is 0.0825. The van der Waals surface area contributed by atoms with Gasteiger partial charge in [-0.2, -0.15) is 26.3 Å². The molecule has 83 heavy (non-hydrogen) atoms. The molecule has 4 aliphatic rings. The third-order valence-electron chi connectivity index (χ3n) is 13.6. The number of ether oxygens (including phenoxy) is 2. The van der Waals surface area contributed by atoms with Crippen LogP contribution in [0.4, 0.5) is 62.0 Å². The SMILES string of the molecule is Fc1cncc(Br)c1C(F)(F)F.[C-]#[N+]C[C@H]1CN(c2nc(Cl)nc3c2CCN(c2cncc(F)c2C(F)(F)F)C3)CCN1C(=O)OCc1ccccc1.[C-]#[N+]C[C@H]1CN(c2nc(Cl)nc3c2CCNC3)CCN1C(=O)OCc1ccccc1. The van der Waals surface area contributed by atoms with Gasteiger partial charge < -0.3 is 39.2 Å². The molecule has 0 spiro atoms. The Labute approximate surface area is 489 Å². The van der Waals surface area contributed by atoms with Gasteiger partial charge in [0, 0.05) is 69.7 Å². The number of hydrogen-bond acceptors (Lipinski definition) is 14. The summed E-state index contributed by atoms with van der Waals surface area (Å²) < 4.78 is 114. The molecule has 4 aliphatic heterocycles. The van der Waals surface area contributed by atoms with Crippen molar-refractivity contribution in [3.8, 4) is 0 Å². The Morgan fingerprint density at radius 3 is 1.60 bits per heavy atom. The maximum atomic E-state index is 14.2. The average Bonchev–Trinajstić information content (AvgIpc) is 3.60. The van der Waals surface area contributed by atoms with E-state index in [4.69, 9.17) is 45.8 Å². The lowest BCUT2D eigenvalue weighted by Gasteiger charge is -2.40. The molecule has 18 nitrogen and oxygen atoms in total. The summed E-state index contributed by atoms with van der Waals surface area (Å²) in [5, 5.41) is 3.42. The fraction of sp³-hybridized carbons (Fsp3) is 0.370. The number of hydrogen-bond donors (Lipinski definition) is 1. The Bertz CT molecular complexity index is 3330. The second-order valence-corrected chi connectivity index (χ2v) is 20.4. The van der Waals surface area contributed by atoms with Gasteiger partial charge in [-0.15, -0.1) is 0 Å². The summed E-state index contributed by atoms with van der Waals surface area (Å²) in [7, 11) is 0. The molecule has 6 aromatic rings. The monoisotopic (exact) mass is 1260 g/mol. The predicted octanol–water partition coefficient (Wildman–Crippen LogP) is 10.5. The number of halogens is 11. The van der Waals surface area contributed by atoms with E-state index in [0.717, 1.165) is 53.6 Å². The molecule has 2 atom stereocenters. The van der Waals surface area contributed by atoms with Crippen LogP contribution in [0.25, 0.3) is 9.69 Å². The van der Waals surface area contributed by atoms with Crippen LogP contribution < -0.4 is 20.0 Å². The summed E-state index contributed by atoms with van der Waals surface area (Å²) >= 11 is 15.0. The fourth-order valence-electron chi connectivity index (χ4n) is 9.75. The second kappa shape index (κ2) is 27.6. The molecule has 29 heteroatoms. The summed E-state index contributed by atoms with van der Waals surface area (Å²) in [6, 6.07) is 18.1. The molecule has 436 valence electrons. The molecule has 2 aromatic carbocycles. The first kappa shape index (κ1) is 61.4. The summed E-state index contributed by atoms with van der Waals surface area (Å²) in [5.74, 6) is -1.51. The van der Waals surface area contributed by atoms with Crippen LogP contribution in [-0.4, -0.2) is 129 Å². The highest BCUT2D eigenvalue weighted by Gasteiger charge is 2.42. The number of anilines is 3. The topological polar surface area (TPSA) is 167 Å². The summed E-state index contributed by atoms with van der Waals surface area (Å²) in [6.45, 7) is 19.4. The Balaban J connectivity index is 0.000000186. The van der Waals surface area contributed by atoms with Gasteiger partial charge >= 0.3 is 24.5 Å². The predicted molar refractivity (Wildman–Crippen MR) is 292 cm³/mol. The van der Waals surface area contributed by atoms with Crippen LogP contribution in [0, 0.1) is 24.8 Å². The van der Waals surface area contributed by atoms with E-state index < -0.39 is 51.7 Å². The normalized spacial score (nSPS) is 16.9. The molecule has 2 fully saturated rings. The number of aromatic nitrogens is 6. The van der Waals surface area contributed by atoms with Crippen LogP contribution in [-0.2, 0) is 61.0 Å². The maximum Gasteiger partial charge on any atom is 0.421 e. The van der Waals surface area contributed by atoms with E-state index in [2.05, 4.69) is 65.7 Å². The van der Waals surface area contributed by atoms with Crippen molar-refractivity contribution in [3.63, 3.8) is 0 Å². The van der Waals surface area contributed by atoms with E-state index in [0.29, 0.717) is 62.2 Å². The van der Waals surface area contributed by atoms with Gasteiger partial charge in [-0.25, -0.2) is 51.5 Å². The van der Waals surface area contributed by atoms with Crippen LogP contribution in [0.15, 0.2) is 89.9 Å². The van der Waals surface area contributed by atoms with E-state index in [-0.39, 0.29) is 87.3 Å². The number of nitrogens with zero attached hydrogens (tertiary/aromatic N) is 13. The third-order valence-corrected chi connectivity index (χ3v) is 14.5. The van der Waals surface area contributed by atoms with Gasteiger partial charge in [-0.3, -0.25) is 19.8 Å². The number of rotatable bonds is 9. The third kappa shape index (κ3) is 15.5. The van der Waals surface area contributed by atoms with E-state index in [1.165, 1.54) is 9.80 Å². The minimum absolute atomic E-state index is 0.0402. The molecule has 2 amide bonds. The maximum absolute atomic E-state index is 14.2. The number of carbonyl (C=O) groups excluding carboxylic acids is 2. The van der Waals surface area contributed by atoms with Crippen molar-refractivity contribution in [2.45, 2.75) is 63.6 Å². The zero-order valence-corrected chi connectivity index (χ0v) is 46.8. The van der Waals surface area contributed by atoms with Gasteiger partial charge in [0.25, 0.3) is 0 Å². The fourth-order valence-corrected chi connectivity index (χ4v) is 10.6. The van der Waals surface area contributed by atoms with Crippen molar-refractivity contribution in [3.05, 3.63) is 180 Å². The van der Waals surface area contributed by atoms with Crippen LogP contribution >= 0.6 is 39.1 Å². The molecule has 0 aliphatic carbocycles. The largest absolute Gasteiger partial charge is 0.445 e. The second-order valence-electron chi connectivity index (χ2n) is 18.9. The standard InChI is InChI=1S/C27H24ClF4N7O2.C21H23ClN6O2.C6H2BrF4N/c1-33-11-18-14-38(9-10-39(18)26(40)41-16-17-5-3-2-4-6-17)24-19-7-8-37(15-21(19)35-25(28)36-24)22-13-34-12-20(29)23(22)27(30,31)32;1-23-11-16-13-27(19-17-7-8-24-12-18(17)25-20(22)26-19)9-10-28(16)21(29)30-14-15-5-3-2-4-6-15;7-3-1-12-2-4(8)5(3)6(9,10)11/h2-6,12-13,18H,7-11,14-16H2;2-6,16,24H,7-14H2;1-2H/t18-;16-;/m00./s1. The van der Waals surface area contributed by atoms with Crippen LogP contribution in [0.5, 0.6) is 0 Å². The molecule has 4 aromatic heterocycles. The number of pyridine rings is 2. The van der Waals surface area contributed by atoms with Gasteiger partial charge in [0.15, 0.2) is 11.6 Å². The molecular weight excluding hydrogens is 1210 g/mol.